The van der Waals surface area contributed by atoms with Gasteiger partial charge >= 0.3 is 5.97 Å². The van der Waals surface area contributed by atoms with Crippen LogP contribution in [0.25, 0.3) is 11.5 Å². The molecule has 4 rings (SSSR count). The standard InChI is InChI=1S/C23H21N3O5/c1-14(2)12-18(26-21(27)16-10-6-7-11-17(16)22(26)28)23(29)30-13-19-24-25-20(31-19)15-8-4-3-5-9-15/h3-11,14,18H,12-13H2,1-2H3/t18-/m1/s1. The van der Waals surface area contributed by atoms with Crippen molar-refractivity contribution in [3.63, 3.8) is 0 Å². The van der Waals surface area contributed by atoms with E-state index in [0.717, 1.165) is 10.5 Å². The van der Waals surface area contributed by atoms with E-state index in [4.69, 9.17) is 9.15 Å². The zero-order chi connectivity index (χ0) is 22.0. The zero-order valence-corrected chi connectivity index (χ0v) is 17.1. The number of amides is 2. The van der Waals surface area contributed by atoms with Crippen LogP contribution in [0.2, 0.25) is 0 Å². The lowest BCUT2D eigenvalue weighted by Crippen LogP contribution is -2.46. The highest BCUT2D eigenvalue weighted by molar-refractivity contribution is 6.22. The van der Waals surface area contributed by atoms with Gasteiger partial charge in [0.2, 0.25) is 5.89 Å². The van der Waals surface area contributed by atoms with Gasteiger partial charge in [-0.2, -0.15) is 0 Å². The van der Waals surface area contributed by atoms with Crippen molar-refractivity contribution in [3.05, 3.63) is 71.6 Å². The molecule has 1 aromatic heterocycles. The van der Waals surface area contributed by atoms with Crippen LogP contribution < -0.4 is 0 Å². The van der Waals surface area contributed by atoms with E-state index in [2.05, 4.69) is 10.2 Å². The van der Waals surface area contributed by atoms with Gasteiger partial charge in [-0.05, 0) is 36.6 Å². The molecule has 0 bridgehead atoms. The van der Waals surface area contributed by atoms with Gasteiger partial charge in [-0.1, -0.05) is 44.2 Å². The molecule has 0 radical (unpaired) electrons. The maximum atomic E-state index is 12.9. The van der Waals surface area contributed by atoms with Gasteiger partial charge in [0.15, 0.2) is 6.61 Å². The van der Waals surface area contributed by atoms with Gasteiger partial charge in [0, 0.05) is 5.56 Å². The molecule has 0 saturated carbocycles. The highest BCUT2D eigenvalue weighted by Gasteiger charge is 2.43. The molecule has 3 aromatic rings. The second-order valence-electron chi connectivity index (χ2n) is 7.65. The highest BCUT2D eigenvalue weighted by atomic mass is 16.5. The number of ether oxygens (including phenoxy) is 1. The number of hydrogen-bond acceptors (Lipinski definition) is 7. The van der Waals surface area contributed by atoms with Crippen LogP contribution in [0.1, 0.15) is 46.9 Å². The van der Waals surface area contributed by atoms with Crippen LogP contribution in [0.3, 0.4) is 0 Å². The van der Waals surface area contributed by atoms with Gasteiger partial charge < -0.3 is 9.15 Å². The molecule has 0 N–H and O–H groups in total. The summed E-state index contributed by atoms with van der Waals surface area (Å²) in [4.78, 5) is 39.5. The summed E-state index contributed by atoms with van der Waals surface area (Å²) in [5, 5.41) is 7.86. The SMILES string of the molecule is CC(C)C[C@H](C(=O)OCc1nnc(-c2ccccc2)o1)N1C(=O)c2ccccc2C1=O. The van der Waals surface area contributed by atoms with Crippen LogP contribution in [-0.2, 0) is 16.1 Å². The van der Waals surface area contributed by atoms with Crippen molar-refractivity contribution in [1.29, 1.82) is 0 Å². The van der Waals surface area contributed by atoms with Crippen molar-refractivity contribution in [1.82, 2.24) is 15.1 Å². The van der Waals surface area contributed by atoms with E-state index in [0.29, 0.717) is 17.0 Å². The predicted molar refractivity (Wildman–Crippen MR) is 110 cm³/mol. The van der Waals surface area contributed by atoms with Gasteiger partial charge in [-0.15, -0.1) is 10.2 Å². The number of benzene rings is 2. The minimum Gasteiger partial charge on any atom is -0.454 e. The Morgan fingerprint density at radius 3 is 2.19 bits per heavy atom. The van der Waals surface area contributed by atoms with Crippen LogP contribution in [0, 0.1) is 5.92 Å². The average molecular weight is 419 g/mol. The molecule has 8 nitrogen and oxygen atoms in total. The summed E-state index contributed by atoms with van der Waals surface area (Å²) in [5.41, 5.74) is 1.33. The minimum absolute atomic E-state index is 0.0509. The minimum atomic E-state index is -1.04. The normalized spacial score (nSPS) is 14.1. The molecule has 1 atom stereocenters. The fourth-order valence-corrected chi connectivity index (χ4v) is 3.48. The van der Waals surface area contributed by atoms with Crippen LogP contribution in [-0.4, -0.2) is 38.9 Å². The van der Waals surface area contributed by atoms with Gasteiger partial charge in [0.25, 0.3) is 17.7 Å². The molecule has 2 amide bonds. The number of nitrogens with zero attached hydrogens (tertiary/aromatic N) is 3. The molecule has 0 spiro atoms. The van der Waals surface area contributed by atoms with Crippen molar-refractivity contribution < 1.29 is 23.5 Å². The molecular formula is C23H21N3O5. The first kappa shape index (κ1) is 20.5. The summed E-state index contributed by atoms with van der Waals surface area (Å²) >= 11 is 0. The molecule has 0 saturated heterocycles. The molecule has 8 heteroatoms. The summed E-state index contributed by atoms with van der Waals surface area (Å²) in [7, 11) is 0. The molecule has 2 heterocycles. The first-order valence-electron chi connectivity index (χ1n) is 9.97. The van der Waals surface area contributed by atoms with Crippen molar-refractivity contribution in [3.8, 4) is 11.5 Å². The maximum Gasteiger partial charge on any atom is 0.329 e. The Morgan fingerprint density at radius 2 is 1.58 bits per heavy atom. The topological polar surface area (TPSA) is 103 Å². The number of imide groups is 1. The smallest absolute Gasteiger partial charge is 0.329 e. The highest BCUT2D eigenvalue weighted by Crippen LogP contribution is 2.27. The summed E-state index contributed by atoms with van der Waals surface area (Å²) < 4.78 is 10.9. The molecule has 0 fully saturated rings. The average Bonchev–Trinajstić information content (AvgIpc) is 3.35. The lowest BCUT2D eigenvalue weighted by atomic mass is 10.0. The van der Waals surface area contributed by atoms with E-state index < -0.39 is 23.8 Å². The van der Waals surface area contributed by atoms with E-state index in [9.17, 15) is 14.4 Å². The number of hydrogen-bond donors (Lipinski definition) is 0. The van der Waals surface area contributed by atoms with E-state index >= 15 is 0 Å². The summed E-state index contributed by atoms with van der Waals surface area (Å²) in [6.45, 7) is 3.56. The number of aromatic nitrogens is 2. The second kappa shape index (κ2) is 8.51. The Hall–Kier alpha value is -3.81. The van der Waals surface area contributed by atoms with Crippen molar-refractivity contribution in [2.75, 3.05) is 0 Å². The van der Waals surface area contributed by atoms with E-state index in [1.54, 1.807) is 24.3 Å². The summed E-state index contributed by atoms with van der Waals surface area (Å²) in [6.07, 6.45) is 0.281. The Labute approximate surface area is 178 Å². The first-order chi connectivity index (χ1) is 15.0. The van der Waals surface area contributed by atoms with Crippen LogP contribution >= 0.6 is 0 Å². The fourth-order valence-electron chi connectivity index (χ4n) is 3.48. The van der Waals surface area contributed by atoms with Gasteiger partial charge in [-0.3, -0.25) is 14.5 Å². The summed E-state index contributed by atoms with van der Waals surface area (Å²) in [5.74, 6) is -1.19. The number of fused-ring (bicyclic) bond motifs is 1. The summed E-state index contributed by atoms with van der Waals surface area (Å²) in [6, 6.07) is 14.7. The Balaban J connectivity index is 1.49. The van der Waals surface area contributed by atoms with Crippen molar-refractivity contribution >= 4 is 17.8 Å². The number of rotatable bonds is 7. The second-order valence-corrected chi connectivity index (χ2v) is 7.65. The van der Waals surface area contributed by atoms with Crippen molar-refractivity contribution in [2.45, 2.75) is 32.9 Å². The predicted octanol–water partition coefficient (Wildman–Crippen LogP) is 3.49. The lowest BCUT2D eigenvalue weighted by Gasteiger charge is -2.25. The van der Waals surface area contributed by atoms with Crippen LogP contribution in [0.5, 0.6) is 0 Å². The zero-order valence-electron chi connectivity index (χ0n) is 17.1. The number of carbonyl (C=O) groups is 3. The molecule has 0 unspecified atom stereocenters. The molecule has 1 aliphatic rings. The maximum absolute atomic E-state index is 12.9. The quantitative estimate of drug-likeness (QED) is 0.427. The third kappa shape index (κ3) is 4.09. The third-order valence-electron chi connectivity index (χ3n) is 4.93. The van der Waals surface area contributed by atoms with E-state index in [1.165, 1.54) is 0 Å². The van der Waals surface area contributed by atoms with E-state index in [-0.39, 0.29) is 24.8 Å². The van der Waals surface area contributed by atoms with Crippen molar-refractivity contribution in [2.24, 2.45) is 5.92 Å². The Kier molecular flexibility index (Phi) is 5.62. The largest absolute Gasteiger partial charge is 0.454 e. The van der Waals surface area contributed by atoms with Gasteiger partial charge in [-0.25, -0.2) is 4.79 Å². The fraction of sp³-hybridized carbons (Fsp3) is 0.261. The van der Waals surface area contributed by atoms with Gasteiger partial charge in [0.05, 0.1) is 11.1 Å². The van der Waals surface area contributed by atoms with E-state index in [1.807, 2.05) is 44.2 Å². The van der Waals surface area contributed by atoms with Gasteiger partial charge in [0.1, 0.15) is 6.04 Å². The third-order valence-corrected chi connectivity index (χ3v) is 4.93. The molecule has 2 aromatic carbocycles. The molecule has 158 valence electrons. The molecule has 1 aliphatic heterocycles. The van der Waals surface area contributed by atoms with Crippen LogP contribution in [0.4, 0.5) is 0 Å². The number of carbonyl (C=O) groups excluding carboxylic acids is 3. The lowest BCUT2D eigenvalue weighted by molar-refractivity contribution is -0.151. The molecular weight excluding hydrogens is 398 g/mol. The molecule has 31 heavy (non-hydrogen) atoms. The number of esters is 1. The van der Waals surface area contributed by atoms with Crippen LogP contribution in [0.15, 0.2) is 59.0 Å². The molecule has 0 aliphatic carbocycles. The Morgan fingerprint density at radius 1 is 0.968 bits per heavy atom. The first-order valence-corrected chi connectivity index (χ1v) is 9.97. The monoisotopic (exact) mass is 419 g/mol. The Bertz CT molecular complexity index is 1090.